The second-order valence-corrected chi connectivity index (χ2v) is 3.81. The van der Waals surface area contributed by atoms with Gasteiger partial charge in [0.25, 0.3) is 0 Å². The lowest BCUT2D eigenvalue weighted by molar-refractivity contribution is 0.210. The van der Waals surface area contributed by atoms with Crippen LogP contribution in [0, 0.1) is 6.92 Å². The lowest BCUT2D eigenvalue weighted by Gasteiger charge is -2.12. The van der Waals surface area contributed by atoms with Crippen LogP contribution in [0.25, 0.3) is 0 Å². The molecule has 1 aromatic rings. The number of aromatic nitrogens is 2. The van der Waals surface area contributed by atoms with Crippen molar-refractivity contribution in [1.82, 2.24) is 9.78 Å². The van der Waals surface area contributed by atoms with E-state index < -0.39 is 0 Å². The normalized spacial score (nSPS) is 11.0. The molecule has 0 unspecified atom stereocenters. The van der Waals surface area contributed by atoms with Crippen molar-refractivity contribution in [3.63, 3.8) is 0 Å². The molecule has 0 aliphatic heterocycles. The van der Waals surface area contributed by atoms with Gasteiger partial charge in [-0.25, -0.2) is 4.68 Å². The molecule has 1 heterocycles. The van der Waals surface area contributed by atoms with Crippen molar-refractivity contribution in [3.8, 4) is 0 Å². The van der Waals surface area contributed by atoms with E-state index in [0.717, 1.165) is 23.7 Å². The van der Waals surface area contributed by atoms with Crippen molar-refractivity contribution in [2.45, 2.75) is 26.8 Å². The maximum Gasteiger partial charge on any atom is 0.148 e. The maximum atomic E-state index is 5.94. The topological polar surface area (TPSA) is 65.1 Å². The van der Waals surface area contributed by atoms with Gasteiger partial charge in [-0.3, -0.25) is 0 Å². The predicted molar refractivity (Wildman–Crippen MR) is 62.1 cm³/mol. The Morgan fingerprint density at radius 1 is 1.53 bits per heavy atom. The van der Waals surface area contributed by atoms with Gasteiger partial charge in [-0.15, -0.1) is 0 Å². The Morgan fingerprint density at radius 3 is 2.73 bits per heavy atom. The Bertz CT molecular complexity index is 319. The van der Waals surface area contributed by atoms with Crippen LogP contribution < -0.4 is 11.1 Å². The van der Waals surface area contributed by atoms with E-state index in [1.165, 1.54) is 0 Å². The zero-order valence-corrected chi connectivity index (χ0v) is 9.87. The Balaban J connectivity index is 2.83. The summed E-state index contributed by atoms with van der Waals surface area (Å²) in [6.07, 6.45) is 0. The summed E-state index contributed by atoms with van der Waals surface area (Å²) in [7, 11) is 1.68. The number of methoxy groups -OCH3 is 1. The molecule has 86 valence electrons. The van der Waals surface area contributed by atoms with Gasteiger partial charge in [0.2, 0.25) is 0 Å². The molecule has 0 spiro atoms. The molecule has 0 saturated heterocycles. The summed E-state index contributed by atoms with van der Waals surface area (Å²) in [6.45, 7) is 7.46. The number of nitrogens with one attached hydrogen (secondary N) is 1. The van der Waals surface area contributed by atoms with Gasteiger partial charge >= 0.3 is 0 Å². The van der Waals surface area contributed by atoms with Gasteiger partial charge in [-0.2, -0.15) is 5.10 Å². The minimum atomic E-state index is 0.297. The van der Waals surface area contributed by atoms with Crippen LogP contribution in [-0.2, 0) is 4.74 Å². The summed E-state index contributed by atoms with van der Waals surface area (Å²) in [5, 5.41) is 7.61. The average Bonchev–Trinajstić information content (AvgIpc) is 2.46. The second kappa shape index (κ2) is 5.02. The van der Waals surface area contributed by atoms with Crippen LogP contribution in [0.4, 0.5) is 11.5 Å². The highest BCUT2D eigenvalue weighted by molar-refractivity contribution is 5.64. The number of nitrogens with two attached hydrogens (primary N) is 1. The number of rotatable bonds is 5. The Morgan fingerprint density at radius 2 is 2.20 bits per heavy atom. The fraction of sp³-hybridized carbons (Fsp3) is 0.700. The van der Waals surface area contributed by atoms with Gasteiger partial charge in [-0.05, 0) is 20.8 Å². The summed E-state index contributed by atoms with van der Waals surface area (Å²) < 4.78 is 6.88. The van der Waals surface area contributed by atoms with Crippen LogP contribution in [0.2, 0.25) is 0 Å². The Hall–Kier alpha value is -1.23. The first-order valence-electron chi connectivity index (χ1n) is 5.15. The summed E-state index contributed by atoms with van der Waals surface area (Å²) in [5.41, 5.74) is 7.52. The number of nitrogens with zero attached hydrogens (tertiary/aromatic N) is 2. The van der Waals surface area contributed by atoms with Gasteiger partial charge in [-0.1, -0.05) is 0 Å². The minimum absolute atomic E-state index is 0.297. The number of anilines is 2. The summed E-state index contributed by atoms with van der Waals surface area (Å²) in [4.78, 5) is 0. The van der Waals surface area contributed by atoms with Gasteiger partial charge in [0, 0.05) is 19.7 Å². The van der Waals surface area contributed by atoms with Crippen molar-refractivity contribution in [2.24, 2.45) is 0 Å². The van der Waals surface area contributed by atoms with Crippen molar-refractivity contribution in [3.05, 3.63) is 5.69 Å². The van der Waals surface area contributed by atoms with Gasteiger partial charge in [0.15, 0.2) is 0 Å². The molecule has 1 rings (SSSR count). The molecule has 5 nitrogen and oxygen atoms in total. The van der Waals surface area contributed by atoms with Crippen molar-refractivity contribution in [2.75, 3.05) is 31.3 Å². The molecular weight excluding hydrogens is 192 g/mol. The number of hydrogen-bond acceptors (Lipinski definition) is 4. The molecule has 3 N–H and O–H groups in total. The van der Waals surface area contributed by atoms with Crippen LogP contribution >= 0.6 is 0 Å². The van der Waals surface area contributed by atoms with E-state index in [1.807, 2.05) is 11.6 Å². The molecule has 0 fully saturated rings. The summed E-state index contributed by atoms with van der Waals surface area (Å²) in [5.74, 6) is 0.888. The number of nitrogen functional groups attached to an aromatic ring is 1. The Kier molecular flexibility index (Phi) is 3.96. The monoisotopic (exact) mass is 212 g/mol. The molecule has 0 saturated carbocycles. The van der Waals surface area contributed by atoms with Crippen molar-refractivity contribution in [1.29, 1.82) is 0 Å². The maximum absolute atomic E-state index is 5.94. The van der Waals surface area contributed by atoms with Crippen LogP contribution in [0.5, 0.6) is 0 Å². The fourth-order valence-corrected chi connectivity index (χ4v) is 1.38. The summed E-state index contributed by atoms with van der Waals surface area (Å²) in [6, 6.07) is 0.297. The summed E-state index contributed by atoms with van der Waals surface area (Å²) >= 11 is 0. The van der Waals surface area contributed by atoms with E-state index in [9.17, 15) is 0 Å². The molecule has 0 amide bonds. The molecule has 0 aromatic carbocycles. The zero-order chi connectivity index (χ0) is 11.4. The second-order valence-electron chi connectivity index (χ2n) is 3.81. The lowest BCUT2D eigenvalue weighted by Crippen LogP contribution is -2.14. The number of aryl methyl sites for hydroxylation is 1. The number of ether oxygens (including phenoxy) is 1. The van der Waals surface area contributed by atoms with Crippen LogP contribution in [-0.4, -0.2) is 30.0 Å². The molecule has 0 atom stereocenters. The standard InChI is InChI=1S/C10H20N4O/c1-7(2)14-10(12-5-6-15-4)9(11)8(3)13-14/h7,12H,5-6,11H2,1-4H3. The molecule has 0 aliphatic rings. The molecule has 5 heteroatoms. The first-order valence-corrected chi connectivity index (χ1v) is 5.15. The van der Waals surface area contributed by atoms with Crippen molar-refractivity contribution < 1.29 is 4.74 Å². The molecular formula is C10H20N4O. The van der Waals surface area contributed by atoms with E-state index in [1.54, 1.807) is 7.11 Å². The molecule has 1 aromatic heterocycles. The van der Waals surface area contributed by atoms with Crippen LogP contribution in [0.3, 0.4) is 0 Å². The first kappa shape index (κ1) is 11.8. The molecule has 0 bridgehead atoms. The Labute approximate surface area is 90.6 Å². The van der Waals surface area contributed by atoms with Crippen LogP contribution in [0.1, 0.15) is 25.6 Å². The highest BCUT2D eigenvalue weighted by Gasteiger charge is 2.13. The van der Waals surface area contributed by atoms with Crippen LogP contribution in [0.15, 0.2) is 0 Å². The third-order valence-electron chi connectivity index (χ3n) is 2.22. The fourth-order valence-electron chi connectivity index (χ4n) is 1.38. The highest BCUT2D eigenvalue weighted by Crippen LogP contribution is 2.24. The van der Waals surface area contributed by atoms with E-state index in [-0.39, 0.29) is 0 Å². The van der Waals surface area contributed by atoms with E-state index in [0.29, 0.717) is 12.6 Å². The van der Waals surface area contributed by atoms with E-state index >= 15 is 0 Å². The van der Waals surface area contributed by atoms with Gasteiger partial charge in [0.1, 0.15) is 5.82 Å². The zero-order valence-electron chi connectivity index (χ0n) is 9.87. The average molecular weight is 212 g/mol. The van der Waals surface area contributed by atoms with Gasteiger partial charge in [0.05, 0.1) is 18.0 Å². The largest absolute Gasteiger partial charge is 0.394 e. The molecule has 0 radical (unpaired) electrons. The number of hydrogen-bond donors (Lipinski definition) is 2. The SMILES string of the molecule is COCCNc1c(N)c(C)nn1C(C)C. The first-order chi connectivity index (χ1) is 7.07. The van der Waals surface area contributed by atoms with E-state index in [2.05, 4.69) is 24.3 Å². The lowest BCUT2D eigenvalue weighted by atomic mass is 10.3. The third-order valence-corrected chi connectivity index (χ3v) is 2.22. The van der Waals surface area contributed by atoms with Crippen molar-refractivity contribution >= 4 is 11.5 Å². The minimum Gasteiger partial charge on any atom is -0.394 e. The predicted octanol–water partition coefficient (Wildman–Crippen LogP) is 1.41. The van der Waals surface area contributed by atoms with Gasteiger partial charge < -0.3 is 15.8 Å². The third kappa shape index (κ3) is 2.62. The highest BCUT2D eigenvalue weighted by atomic mass is 16.5. The molecule has 0 aliphatic carbocycles. The smallest absolute Gasteiger partial charge is 0.148 e. The van der Waals surface area contributed by atoms with E-state index in [4.69, 9.17) is 10.5 Å². The quantitative estimate of drug-likeness (QED) is 0.724. The molecule has 15 heavy (non-hydrogen) atoms.